The first-order chi connectivity index (χ1) is 8.39. The lowest BCUT2D eigenvalue weighted by Crippen LogP contribution is -2.08. The van der Waals surface area contributed by atoms with E-state index in [0.29, 0.717) is 0 Å². The SMILES string of the molecule is O=[N+]([O-])c1cccnc1-n1ccc(C(F)(F)F)n1. The Bertz CT molecular complexity index is 593. The number of nitrogens with zero attached hydrogens (tertiary/aromatic N) is 4. The molecule has 0 aliphatic rings. The van der Waals surface area contributed by atoms with E-state index in [4.69, 9.17) is 0 Å². The van der Waals surface area contributed by atoms with Crippen LogP contribution in [0.4, 0.5) is 18.9 Å². The van der Waals surface area contributed by atoms with Crippen LogP contribution >= 0.6 is 0 Å². The molecule has 0 aliphatic heterocycles. The van der Waals surface area contributed by atoms with Gasteiger partial charge in [-0.25, -0.2) is 9.67 Å². The number of hydrogen-bond donors (Lipinski definition) is 0. The molecule has 18 heavy (non-hydrogen) atoms. The van der Waals surface area contributed by atoms with Crippen LogP contribution in [0.1, 0.15) is 5.69 Å². The molecule has 2 aromatic heterocycles. The van der Waals surface area contributed by atoms with Crippen molar-refractivity contribution in [1.29, 1.82) is 0 Å². The van der Waals surface area contributed by atoms with Crippen molar-refractivity contribution in [2.45, 2.75) is 6.18 Å². The maximum absolute atomic E-state index is 12.3. The minimum absolute atomic E-state index is 0.266. The van der Waals surface area contributed by atoms with Crippen molar-refractivity contribution in [3.63, 3.8) is 0 Å². The topological polar surface area (TPSA) is 73.8 Å². The standard InChI is InChI=1S/C9H5F3N4O2/c10-9(11,12)7-3-5-15(14-7)8-6(16(17)18)2-1-4-13-8/h1-5H. The Balaban J connectivity index is 2.50. The lowest BCUT2D eigenvalue weighted by Gasteiger charge is -2.02. The summed E-state index contributed by atoms with van der Waals surface area (Å²) in [6, 6.07) is 3.17. The molecule has 0 amide bonds. The molecule has 0 aromatic carbocycles. The van der Waals surface area contributed by atoms with Gasteiger partial charge in [0.25, 0.3) is 0 Å². The highest BCUT2D eigenvalue weighted by molar-refractivity contribution is 5.45. The predicted octanol–water partition coefficient (Wildman–Crippen LogP) is 2.19. The van der Waals surface area contributed by atoms with Crippen molar-refractivity contribution in [3.8, 4) is 5.82 Å². The van der Waals surface area contributed by atoms with Crippen LogP contribution in [0.15, 0.2) is 30.6 Å². The Morgan fingerprint density at radius 2 is 2.06 bits per heavy atom. The van der Waals surface area contributed by atoms with Crippen LogP contribution in [0, 0.1) is 10.1 Å². The van der Waals surface area contributed by atoms with Crippen LogP contribution in [-0.4, -0.2) is 19.7 Å². The minimum atomic E-state index is -4.60. The van der Waals surface area contributed by atoms with Gasteiger partial charge in [-0.15, -0.1) is 0 Å². The summed E-state index contributed by atoms with van der Waals surface area (Å²) in [7, 11) is 0. The lowest BCUT2D eigenvalue weighted by molar-refractivity contribution is -0.384. The maximum atomic E-state index is 12.3. The molecule has 2 aromatic rings. The van der Waals surface area contributed by atoms with Gasteiger partial charge in [0.1, 0.15) is 0 Å². The van der Waals surface area contributed by atoms with Crippen molar-refractivity contribution >= 4 is 5.69 Å². The van der Waals surface area contributed by atoms with Crippen LogP contribution in [0.5, 0.6) is 0 Å². The summed E-state index contributed by atoms with van der Waals surface area (Å²) in [6.07, 6.45) is -2.40. The summed E-state index contributed by atoms with van der Waals surface area (Å²) in [6.45, 7) is 0. The summed E-state index contributed by atoms with van der Waals surface area (Å²) in [5.41, 5.74) is -1.56. The Kier molecular flexibility index (Phi) is 2.73. The zero-order valence-corrected chi connectivity index (χ0v) is 8.63. The van der Waals surface area contributed by atoms with E-state index in [2.05, 4.69) is 10.1 Å². The van der Waals surface area contributed by atoms with Gasteiger partial charge in [0.05, 0.1) is 4.92 Å². The number of aromatic nitrogens is 3. The van der Waals surface area contributed by atoms with Crippen molar-refractivity contribution in [2.75, 3.05) is 0 Å². The van der Waals surface area contributed by atoms with Gasteiger partial charge in [-0.2, -0.15) is 18.3 Å². The third kappa shape index (κ3) is 2.14. The first-order valence-corrected chi connectivity index (χ1v) is 4.62. The van der Waals surface area contributed by atoms with Gasteiger partial charge in [-0.1, -0.05) is 0 Å². The molecule has 9 heteroatoms. The highest BCUT2D eigenvalue weighted by Crippen LogP contribution is 2.28. The molecule has 0 saturated heterocycles. The van der Waals surface area contributed by atoms with Crippen LogP contribution in [0.2, 0.25) is 0 Å². The molecule has 0 radical (unpaired) electrons. The molecule has 0 aliphatic carbocycles. The quantitative estimate of drug-likeness (QED) is 0.611. The summed E-state index contributed by atoms with van der Waals surface area (Å²) in [4.78, 5) is 13.6. The molecule has 0 atom stereocenters. The van der Waals surface area contributed by atoms with E-state index >= 15 is 0 Å². The monoisotopic (exact) mass is 258 g/mol. The van der Waals surface area contributed by atoms with E-state index in [9.17, 15) is 23.3 Å². The molecule has 0 saturated carbocycles. The highest BCUT2D eigenvalue weighted by Gasteiger charge is 2.34. The number of hydrogen-bond acceptors (Lipinski definition) is 4. The fourth-order valence-electron chi connectivity index (χ4n) is 1.30. The third-order valence-electron chi connectivity index (χ3n) is 2.06. The van der Waals surface area contributed by atoms with Crippen molar-refractivity contribution in [1.82, 2.24) is 14.8 Å². The Morgan fingerprint density at radius 1 is 1.33 bits per heavy atom. The fourth-order valence-corrected chi connectivity index (χ4v) is 1.30. The summed E-state index contributed by atoms with van der Waals surface area (Å²) < 4.78 is 37.8. The Hall–Kier alpha value is -2.45. The molecule has 2 rings (SSSR count). The summed E-state index contributed by atoms with van der Waals surface area (Å²) in [5.74, 6) is -0.266. The largest absolute Gasteiger partial charge is 0.435 e. The molecule has 0 fully saturated rings. The van der Waals surface area contributed by atoms with Crippen LogP contribution < -0.4 is 0 Å². The van der Waals surface area contributed by atoms with E-state index in [1.165, 1.54) is 12.3 Å². The van der Waals surface area contributed by atoms with Gasteiger partial charge in [-0.05, 0) is 12.1 Å². The van der Waals surface area contributed by atoms with E-state index in [-0.39, 0.29) is 5.82 Å². The number of rotatable bonds is 2. The van der Waals surface area contributed by atoms with Crippen LogP contribution in [0.3, 0.4) is 0 Å². The van der Waals surface area contributed by atoms with Crippen LogP contribution in [-0.2, 0) is 6.18 Å². The van der Waals surface area contributed by atoms with Gasteiger partial charge in [0.2, 0.25) is 5.82 Å². The molecular weight excluding hydrogens is 253 g/mol. The molecule has 94 valence electrons. The zero-order chi connectivity index (χ0) is 13.3. The zero-order valence-electron chi connectivity index (χ0n) is 8.63. The van der Waals surface area contributed by atoms with Gasteiger partial charge in [-0.3, -0.25) is 10.1 Å². The van der Waals surface area contributed by atoms with Gasteiger partial charge < -0.3 is 0 Å². The molecular formula is C9H5F3N4O2. The lowest BCUT2D eigenvalue weighted by atomic mass is 10.4. The normalized spacial score (nSPS) is 11.5. The predicted molar refractivity (Wildman–Crippen MR) is 53.0 cm³/mol. The molecule has 6 nitrogen and oxygen atoms in total. The van der Waals surface area contributed by atoms with E-state index in [1.54, 1.807) is 0 Å². The summed E-state index contributed by atoms with van der Waals surface area (Å²) >= 11 is 0. The molecule has 0 bridgehead atoms. The number of alkyl halides is 3. The van der Waals surface area contributed by atoms with Gasteiger partial charge in [0, 0.05) is 18.5 Å². The fraction of sp³-hybridized carbons (Fsp3) is 0.111. The molecule has 0 spiro atoms. The minimum Gasteiger partial charge on any atom is -0.258 e. The Labute approximate surface area is 97.8 Å². The second-order valence-corrected chi connectivity index (χ2v) is 3.25. The van der Waals surface area contributed by atoms with Crippen LogP contribution in [0.25, 0.3) is 5.82 Å². The van der Waals surface area contributed by atoms with Crippen molar-refractivity contribution in [3.05, 3.63) is 46.4 Å². The second kappa shape index (κ2) is 4.09. The van der Waals surface area contributed by atoms with E-state index < -0.39 is 22.5 Å². The molecule has 0 unspecified atom stereocenters. The van der Waals surface area contributed by atoms with Gasteiger partial charge >= 0.3 is 11.9 Å². The number of nitro groups is 1. The maximum Gasteiger partial charge on any atom is 0.435 e. The molecule has 0 N–H and O–H groups in total. The van der Waals surface area contributed by atoms with Crippen molar-refractivity contribution < 1.29 is 18.1 Å². The molecule has 2 heterocycles. The first-order valence-electron chi connectivity index (χ1n) is 4.62. The first kappa shape index (κ1) is 12.0. The second-order valence-electron chi connectivity index (χ2n) is 3.25. The van der Waals surface area contributed by atoms with Crippen molar-refractivity contribution in [2.24, 2.45) is 0 Å². The highest BCUT2D eigenvalue weighted by atomic mass is 19.4. The third-order valence-corrected chi connectivity index (χ3v) is 2.06. The Morgan fingerprint density at radius 3 is 2.61 bits per heavy atom. The van der Waals surface area contributed by atoms with E-state index in [0.717, 1.165) is 23.0 Å². The summed E-state index contributed by atoms with van der Waals surface area (Å²) in [5, 5.41) is 13.9. The average molecular weight is 258 g/mol. The average Bonchev–Trinajstić information content (AvgIpc) is 2.77. The number of halogens is 3. The number of pyridine rings is 1. The van der Waals surface area contributed by atoms with Gasteiger partial charge in [0.15, 0.2) is 5.69 Å². The smallest absolute Gasteiger partial charge is 0.258 e. The van der Waals surface area contributed by atoms with E-state index in [1.807, 2.05) is 0 Å².